The second kappa shape index (κ2) is 4.75. The maximum atomic E-state index is 12.2. The molecule has 1 amide bonds. The Kier molecular flexibility index (Phi) is 3.18. The van der Waals surface area contributed by atoms with E-state index in [4.69, 9.17) is 5.73 Å². The number of aryl methyl sites for hydroxylation is 1. The summed E-state index contributed by atoms with van der Waals surface area (Å²) in [4.78, 5) is 12.8. The molecule has 2 aromatic rings. The van der Waals surface area contributed by atoms with Crippen molar-refractivity contribution in [1.82, 2.24) is 5.32 Å². The van der Waals surface area contributed by atoms with Crippen LogP contribution in [0.4, 0.5) is 5.69 Å². The van der Waals surface area contributed by atoms with Gasteiger partial charge in [0.1, 0.15) is 4.88 Å². The topological polar surface area (TPSA) is 75.3 Å². The predicted octanol–water partition coefficient (Wildman–Crippen LogP) is 2.29. The monoisotopic (exact) mass is 290 g/mol. The highest BCUT2D eigenvalue weighted by atomic mass is 32.1. The first-order valence-electron chi connectivity index (χ1n) is 6.72. The Morgan fingerprint density at radius 3 is 2.90 bits per heavy atom. The molecule has 5 heteroatoms. The number of carbonyl (C=O) groups is 1. The minimum Gasteiger partial charge on any atom is -0.397 e. The molecule has 0 saturated heterocycles. The van der Waals surface area contributed by atoms with Crippen molar-refractivity contribution in [3.05, 3.63) is 28.6 Å². The van der Waals surface area contributed by atoms with Crippen molar-refractivity contribution in [2.75, 3.05) is 18.9 Å². The van der Waals surface area contributed by atoms with Crippen molar-refractivity contribution in [2.24, 2.45) is 5.41 Å². The Bertz CT molecular complexity index is 674. The molecule has 1 saturated carbocycles. The van der Waals surface area contributed by atoms with Crippen molar-refractivity contribution in [1.29, 1.82) is 0 Å². The van der Waals surface area contributed by atoms with Crippen LogP contribution in [0.25, 0.3) is 10.1 Å². The Balaban J connectivity index is 1.82. The summed E-state index contributed by atoms with van der Waals surface area (Å²) < 4.78 is 1.03. The molecule has 0 atom stereocenters. The predicted molar refractivity (Wildman–Crippen MR) is 82.1 cm³/mol. The molecule has 20 heavy (non-hydrogen) atoms. The van der Waals surface area contributed by atoms with Crippen LogP contribution in [0.5, 0.6) is 0 Å². The van der Waals surface area contributed by atoms with Crippen LogP contribution in [0, 0.1) is 12.3 Å². The Morgan fingerprint density at radius 2 is 2.25 bits per heavy atom. The van der Waals surface area contributed by atoms with Crippen LogP contribution in [0.15, 0.2) is 18.2 Å². The second-order valence-electron chi connectivity index (χ2n) is 5.69. The number of fused-ring (bicyclic) bond motifs is 1. The minimum absolute atomic E-state index is 0.0856. The minimum atomic E-state index is -0.138. The van der Waals surface area contributed by atoms with Crippen LogP contribution in [0.3, 0.4) is 0 Å². The van der Waals surface area contributed by atoms with Gasteiger partial charge >= 0.3 is 0 Å². The fourth-order valence-corrected chi connectivity index (χ4v) is 3.33. The molecule has 1 aliphatic carbocycles. The van der Waals surface area contributed by atoms with Gasteiger partial charge in [0, 0.05) is 22.0 Å². The normalized spacial score (nSPS) is 16.3. The SMILES string of the molecule is Cc1ccc2sc(C(=O)NCC3(CO)CC3)c(N)c2c1. The number of benzene rings is 1. The summed E-state index contributed by atoms with van der Waals surface area (Å²) in [5, 5.41) is 13.1. The first-order valence-corrected chi connectivity index (χ1v) is 7.54. The van der Waals surface area contributed by atoms with Crippen molar-refractivity contribution in [3.63, 3.8) is 0 Å². The lowest BCUT2D eigenvalue weighted by atomic mass is 10.1. The smallest absolute Gasteiger partial charge is 0.263 e. The molecule has 0 aliphatic heterocycles. The van der Waals surface area contributed by atoms with Crippen molar-refractivity contribution in [2.45, 2.75) is 19.8 Å². The van der Waals surface area contributed by atoms with Gasteiger partial charge in [-0.3, -0.25) is 4.79 Å². The second-order valence-corrected chi connectivity index (χ2v) is 6.74. The van der Waals surface area contributed by atoms with Gasteiger partial charge in [-0.25, -0.2) is 0 Å². The number of thiophene rings is 1. The molecule has 1 aromatic carbocycles. The molecule has 106 valence electrons. The molecule has 1 fully saturated rings. The first kappa shape index (κ1) is 13.4. The van der Waals surface area contributed by atoms with E-state index in [1.165, 1.54) is 11.3 Å². The Hall–Kier alpha value is -1.59. The van der Waals surface area contributed by atoms with Crippen LogP contribution in [0.2, 0.25) is 0 Å². The van der Waals surface area contributed by atoms with E-state index < -0.39 is 0 Å². The molecular weight excluding hydrogens is 272 g/mol. The summed E-state index contributed by atoms with van der Waals surface area (Å²) in [6.07, 6.45) is 1.95. The quantitative estimate of drug-likeness (QED) is 0.808. The maximum Gasteiger partial charge on any atom is 0.263 e. The highest BCUT2D eigenvalue weighted by molar-refractivity contribution is 7.21. The summed E-state index contributed by atoms with van der Waals surface area (Å²) in [6, 6.07) is 6.03. The number of aliphatic hydroxyl groups excluding tert-OH is 1. The number of hydrogen-bond donors (Lipinski definition) is 3. The number of nitrogens with one attached hydrogen (secondary N) is 1. The fraction of sp³-hybridized carbons (Fsp3) is 0.400. The highest BCUT2D eigenvalue weighted by Gasteiger charge is 2.42. The number of nitrogen functional groups attached to an aromatic ring is 1. The zero-order valence-electron chi connectivity index (χ0n) is 11.4. The number of nitrogens with two attached hydrogens (primary N) is 1. The molecule has 0 bridgehead atoms. The van der Waals surface area contributed by atoms with Crippen molar-refractivity contribution in [3.8, 4) is 0 Å². The third-order valence-corrected chi connectivity index (χ3v) is 5.19. The van der Waals surface area contributed by atoms with Gasteiger partial charge in [0.25, 0.3) is 5.91 Å². The highest BCUT2D eigenvalue weighted by Crippen LogP contribution is 2.44. The Labute approximate surface area is 121 Å². The van der Waals surface area contributed by atoms with E-state index in [2.05, 4.69) is 5.32 Å². The molecule has 1 aromatic heterocycles. The number of carbonyl (C=O) groups excluding carboxylic acids is 1. The van der Waals surface area contributed by atoms with Crippen LogP contribution in [-0.4, -0.2) is 24.2 Å². The maximum absolute atomic E-state index is 12.2. The van der Waals surface area contributed by atoms with E-state index in [0.29, 0.717) is 17.1 Å². The molecule has 0 unspecified atom stereocenters. The molecule has 4 N–H and O–H groups in total. The summed E-state index contributed by atoms with van der Waals surface area (Å²) in [6.45, 7) is 2.66. The number of anilines is 1. The van der Waals surface area contributed by atoms with Gasteiger partial charge in [0.2, 0.25) is 0 Å². The molecule has 3 rings (SSSR count). The largest absolute Gasteiger partial charge is 0.397 e. The molecule has 1 aliphatic rings. The van der Waals surface area contributed by atoms with Crippen molar-refractivity contribution < 1.29 is 9.90 Å². The zero-order valence-corrected chi connectivity index (χ0v) is 12.2. The van der Waals surface area contributed by atoms with Gasteiger partial charge < -0.3 is 16.2 Å². The van der Waals surface area contributed by atoms with E-state index in [0.717, 1.165) is 28.5 Å². The third-order valence-electron chi connectivity index (χ3n) is 4.00. The summed E-state index contributed by atoms with van der Waals surface area (Å²) >= 11 is 1.42. The van der Waals surface area contributed by atoms with E-state index in [1.807, 2.05) is 25.1 Å². The fourth-order valence-electron chi connectivity index (χ4n) is 2.31. The number of rotatable bonds is 4. The average Bonchev–Trinajstić information content (AvgIpc) is 3.16. The number of hydrogen-bond acceptors (Lipinski definition) is 4. The number of aliphatic hydroxyl groups is 1. The third kappa shape index (κ3) is 2.27. The summed E-state index contributed by atoms with van der Waals surface area (Å²) in [5.41, 5.74) is 7.70. The molecule has 0 radical (unpaired) electrons. The zero-order chi connectivity index (χ0) is 14.3. The van der Waals surface area contributed by atoms with Crippen LogP contribution in [-0.2, 0) is 0 Å². The molecular formula is C15H18N2O2S. The van der Waals surface area contributed by atoms with Gasteiger partial charge in [0.05, 0.1) is 12.3 Å². The van der Waals surface area contributed by atoms with Crippen LogP contribution < -0.4 is 11.1 Å². The summed E-state index contributed by atoms with van der Waals surface area (Å²) in [5.74, 6) is -0.138. The van der Waals surface area contributed by atoms with Gasteiger partial charge in [0.15, 0.2) is 0 Å². The van der Waals surface area contributed by atoms with Crippen LogP contribution in [0.1, 0.15) is 28.1 Å². The first-order chi connectivity index (χ1) is 9.54. The van der Waals surface area contributed by atoms with Gasteiger partial charge in [-0.05, 0) is 31.9 Å². The van der Waals surface area contributed by atoms with Gasteiger partial charge in [-0.1, -0.05) is 11.6 Å². The van der Waals surface area contributed by atoms with Gasteiger partial charge in [-0.15, -0.1) is 11.3 Å². The molecule has 4 nitrogen and oxygen atoms in total. The lowest BCUT2D eigenvalue weighted by Crippen LogP contribution is -2.31. The number of amides is 1. The summed E-state index contributed by atoms with van der Waals surface area (Å²) in [7, 11) is 0. The average molecular weight is 290 g/mol. The Morgan fingerprint density at radius 1 is 1.50 bits per heavy atom. The standard InChI is InChI=1S/C15H18N2O2S/c1-9-2-3-11-10(6-9)12(16)13(20-11)14(19)17-7-15(8-18)4-5-15/h2-3,6,18H,4-5,7-8,16H2,1H3,(H,17,19). The van der Waals surface area contributed by atoms with Crippen LogP contribution >= 0.6 is 11.3 Å². The van der Waals surface area contributed by atoms with E-state index in [1.54, 1.807) is 0 Å². The molecule has 0 spiro atoms. The van der Waals surface area contributed by atoms with E-state index >= 15 is 0 Å². The molecule has 1 heterocycles. The lowest BCUT2D eigenvalue weighted by molar-refractivity contribution is 0.0940. The van der Waals surface area contributed by atoms with Crippen molar-refractivity contribution >= 4 is 33.0 Å². The van der Waals surface area contributed by atoms with Gasteiger partial charge in [-0.2, -0.15) is 0 Å². The lowest BCUT2D eigenvalue weighted by Gasteiger charge is -2.12. The van der Waals surface area contributed by atoms with E-state index in [-0.39, 0.29) is 17.9 Å². The van der Waals surface area contributed by atoms with E-state index in [9.17, 15) is 9.90 Å².